The number of ketones is 1. The normalized spacial score (nSPS) is 16.9. The number of hydrogen-bond donors (Lipinski definition) is 5. The molecule has 0 aromatic heterocycles. The van der Waals surface area contributed by atoms with E-state index in [-0.39, 0.29) is 35.8 Å². The van der Waals surface area contributed by atoms with Gasteiger partial charge in [0.25, 0.3) is 0 Å². The molecule has 6 atom stereocenters. The van der Waals surface area contributed by atoms with Crippen LogP contribution >= 0.6 is 0 Å². The summed E-state index contributed by atoms with van der Waals surface area (Å²) in [6.07, 6.45) is 23.5. The molecule has 0 fully saturated rings. The summed E-state index contributed by atoms with van der Waals surface area (Å²) in [6.45, 7) is 11.0. The highest BCUT2D eigenvalue weighted by molar-refractivity contribution is 5.90. The fraction of sp³-hybridized carbons (Fsp3) is 0.419. The summed E-state index contributed by atoms with van der Waals surface area (Å²) in [5, 5.41) is 42.1. The lowest BCUT2D eigenvalue weighted by Gasteiger charge is -2.19. The average Bonchev–Trinajstić information content (AvgIpc) is 3.08. The molecule has 0 bridgehead atoms. The molecule has 0 saturated carbocycles. The van der Waals surface area contributed by atoms with Crippen molar-refractivity contribution in [3.05, 3.63) is 126 Å². The number of aliphatic hydroxyl groups excluding tert-OH is 2. The second kappa shape index (κ2) is 25.4. The summed E-state index contributed by atoms with van der Waals surface area (Å²) in [4.78, 5) is 36.2. The number of amides is 1. The Kier molecular flexibility index (Phi) is 22.2. The van der Waals surface area contributed by atoms with Gasteiger partial charge in [0.1, 0.15) is 5.75 Å². The lowest BCUT2D eigenvalue weighted by molar-refractivity contribution is -0.144. The minimum Gasteiger partial charge on any atom is -0.508 e. The minimum atomic E-state index is -0.916. The van der Waals surface area contributed by atoms with Gasteiger partial charge in [0.15, 0.2) is 5.78 Å². The molecule has 0 aliphatic rings. The fourth-order valence-electron chi connectivity index (χ4n) is 5.00. The molecule has 9 heteroatoms. The number of aliphatic carboxylic acids is 1. The van der Waals surface area contributed by atoms with Crippen molar-refractivity contribution in [1.29, 1.82) is 0 Å². The number of nitrogens with one attached hydrogen (secondary N) is 1. The van der Waals surface area contributed by atoms with Crippen molar-refractivity contribution in [2.24, 2.45) is 11.8 Å². The molecule has 0 aliphatic heterocycles. The Morgan fingerprint density at radius 2 is 1.38 bits per heavy atom. The summed E-state index contributed by atoms with van der Waals surface area (Å²) in [6, 6.07) is 6.57. The molecule has 0 aliphatic carbocycles. The summed E-state index contributed by atoms with van der Waals surface area (Å²) >= 11 is 0. The van der Waals surface area contributed by atoms with Crippen LogP contribution in [0.25, 0.3) is 0 Å². The summed E-state index contributed by atoms with van der Waals surface area (Å²) in [5.74, 6) is -1.86. The van der Waals surface area contributed by atoms with Gasteiger partial charge in [0, 0.05) is 25.5 Å². The Morgan fingerprint density at radius 1 is 0.788 bits per heavy atom. The van der Waals surface area contributed by atoms with Crippen LogP contribution in [-0.4, -0.2) is 69.5 Å². The second-order valence-corrected chi connectivity index (χ2v) is 13.2. The van der Waals surface area contributed by atoms with Gasteiger partial charge in [-0.3, -0.25) is 14.4 Å². The van der Waals surface area contributed by atoms with Crippen LogP contribution < -0.4 is 5.32 Å². The summed E-state index contributed by atoms with van der Waals surface area (Å²) < 4.78 is 5.32. The van der Waals surface area contributed by atoms with Crippen molar-refractivity contribution < 1.29 is 39.5 Å². The number of carboxylic acids is 1. The van der Waals surface area contributed by atoms with Crippen LogP contribution in [0, 0.1) is 11.8 Å². The molecule has 9 nitrogen and oxygen atoms in total. The molecule has 52 heavy (non-hydrogen) atoms. The molecule has 5 N–H and O–H groups in total. The molecule has 0 saturated heterocycles. The van der Waals surface area contributed by atoms with E-state index in [1.165, 1.54) is 13.2 Å². The number of carboxylic acid groups (broad SMARTS) is 1. The number of phenols is 1. The number of aromatic hydroxyl groups is 1. The van der Waals surface area contributed by atoms with Gasteiger partial charge in [-0.25, -0.2) is 0 Å². The van der Waals surface area contributed by atoms with Crippen molar-refractivity contribution in [1.82, 2.24) is 5.32 Å². The van der Waals surface area contributed by atoms with Crippen molar-refractivity contribution in [2.75, 3.05) is 7.11 Å². The minimum absolute atomic E-state index is 0.00254. The Labute approximate surface area is 310 Å². The predicted octanol–water partition coefficient (Wildman–Crippen LogP) is 7.28. The lowest BCUT2D eigenvalue weighted by atomic mass is 9.98. The Bertz CT molecular complexity index is 1510. The second-order valence-electron chi connectivity index (χ2n) is 13.2. The molecule has 0 spiro atoms. The Hall–Kier alpha value is -4.57. The van der Waals surface area contributed by atoms with Gasteiger partial charge in [-0.1, -0.05) is 103 Å². The van der Waals surface area contributed by atoms with E-state index in [4.69, 9.17) is 4.74 Å². The van der Waals surface area contributed by atoms with E-state index in [9.17, 15) is 34.8 Å². The van der Waals surface area contributed by atoms with Crippen LogP contribution in [0.4, 0.5) is 0 Å². The highest BCUT2D eigenvalue weighted by Crippen LogP contribution is 2.17. The van der Waals surface area contributed by atoms with Crippen molar-refractivity contribution in [3.8, 4) is 5.75 Å². The molecule has 0 radical (unpaired) electrons. The monoisotopic (exact) mass is 717 g/mol. The fourth-order valence-corrected chi connectivity index (χ4v) is 5.00. The zero-order valence-electron chi connectivity index (χ0n) is 31.7. The van der Waals surface area contributed by atoms with Crippen LogP contribution in [-0.2, 0) is 25.5 Å². The summed E-state index contributed by atoms with van der Waals surface area (Å²) in [7, 11) is 1.49. The zero-order chi connectivity index (χ0) is 39.1. The van der Waals surface area contributed by atoms with E-state index in [2.05, 4.69) is 5.32 Å². The lowest BCUT2D eigenvalue weighted by Crippen LogP contribution is -2.35. The van der Waals surface area contributed by atoms with Crippen LogP contribution in [0.2, 0.25) is 0 Å². The number of allylic oxidation sites excluding steroid dienone is 12. The predicted molar refractivity (Wildman–Crippen MR) is 209 cm³/mol. The van der Waals surface area contributed by atoms with Crippen molar-refractivity contribution in [2.45, 2.75) is 98.0 Å². The van der Waals surface area contributed by atoms with Crippen molar-refractivity contribution in [3.63, 3.8) is 0 Å². The third-order valence-electron chi connectivity index (χ3n) is 8.18. The smallest absolute Gasteiger partial charge is 0.309 e. The van der Waals surface area contributed by atoms with Gasteiger partial charge in [-0.15, -0.1) is 0 Å². The quantitative estimate of drug-likeness (QED) is 0.0450. The van der Waals surface area contributed by atoms with E-state index < -0.39 is 30.2 Å². The van der Waals surface area contributed by atoms with Crippen LogP contribution in [0.1, 0.15) is 72.8 Å². The Balaban J connectivity index is 2.43. The first-order valence-corrected chi connectivity index (χ1v) is 17.7. The van der Waals surface area contributed by atoms with Crippen LogP contribution in [0.3, 0.4) is 0 Å². The molecule has 1 amide bonds. The first-order valence-electron chi connectivity index (χ1n) is 17.7. The van der Waals surface area contributed by atoms with Gasteiger partial charge in [0.2, 0.25) is 5.91 Å². The number of methoxy groups -OCH3 is 1. The highest BCUT2D eigenvalue weighted by atomic mass is 16.5. The third-order valence-corrected chi connectivity index (χ3v) is 8.18. The first-order chi connectivity index (χ1) is 24.6. The number of carbonyl (C=O) groups excluding carboxylic acids is 2. The van der Waals surface area contributed by atoms with E-state index in [1.807, 2.05) is 95.4 Å². The van der Waals surface area contributed by atoms with Crippen LogP contribution in [0.5, 0.6) is 5.75 Å². The number of benzene rings is 1. The van der Waals surface area contributed by atoms with Gasteiger partial charge in [-0.2, -0.15) is 0 Å². The Morgan fingerprint density at radius 3 is 2.04 bits per heavy atom. The topological polar surface area (TPSA) is 153 Å². The largest absolute Gasteiger partial charge is 0.508 e. The van der Waals surface area contributed by atoms with Gasteiger partial charge < -0.3 is 30.5 Å². The molecule has 1 rings (SSSR count). The van der Waals surface area contributed by atoms with E-state index in [1.54, 1.807) is 43.3 Å². The SMILES string of the molecule is CO[C@H](/C(C)=C/C=C/C=C(C)/C=C/C[C@H](O)CC(=O)\C=C/C=C(C)/C=C/[C@@H](C)NC(=O)[C@H](C)C/C=C/C[C@@H](O)Cc1ccc(O)cc1)[C@@H](C)C(=O)O. The number of ether oxygens (including phenoxy) is 1. The number of rotatable bonds is 23. The molecule has 0 heterocycles. The van der Waals surface area contributed by atoms with Gasteiger partial charge in [0.05, 0.1) is 24.2 Å². The van der Waals surface area contributed by atoms with E-state index in [0.29, 0.717) is 25.7 Å². The average molecular weight is 718 g/mol. The maximum Gasteiger partial charge on any atom is 0.309 e. The van der Waals surface area contributed by atoms with Gasteiger partial charge >= 0.3 is 5.97 Å². The molecule has 1 aromatic rings. The van der Waals surface area contributed by atoms with Gasteiger partial charge in [-0.05, 0) is 89.6 Å². The van der Waals surface area contributed by atoms with Crippen LogP contribution in [0.15, 0.2) is 120 Å². The third kappa shape index (κ3) is 20.3. The van der Waals surface area contributed by atoms with E-state index >= 15 is 0 Å². The first kappa shape index (κ1) is 45.5. The number of hydrogen-bond acceptors (Lipinski definition) is 7. The molecular formula is C43H59NO8. The van der Waals surface area contributed by atoms with Crippen molar-refractivity contribution >= 4 is 17.7 Å². The highest BCUT2D eigenvalue weighted by Gasteiger charge is 2.24. The number of phenolic OH excluding ortho intramolecular Hbond substituents is 1. The molecular weight excluding hydrogens is 658 g/mol. The zero-order valence-corrected chi connectivity index (χ0v) is 31.7. The summed E-state index contributed by atoms with van der Waals surface area (Å²) in [5.41, 5.74) is 3.59. The maximum atomic E-state index is 12.6. The number of carbonyl (C=O) groups is 3. The molecule has 1 aromatic carbocycles. The van der Waals surface area contributed by atoms with E-state index in [0.717, 1.165) is 22.3 Å². The number of aliphatic hydroxyl groups is 2. The standard InChI is InChI=1S/C43H59NO8/c1-30(14-8-9-17-32(3)41(52-7)35(6)43(50)51)15-12-20-39(47)29-40(48)21-13-16-31(2)22-23-34(5)44-42(49)33(4)18-10-11-19-38(46)28-36-24-26-37(45)27-25-36/h8-17,21-27,33-35,38-39,41,45-47H,18-20,28-29H2,1-7H3,(H,44,49)(H,50,51)/b9-8+,11-10+,15-12+,21-13-,23-22+,30-14+,31-16+,32-17+/t33-,34-,35-,38-,39+,41-/m1/s1. The molecule has 284 valence electrons. The maximum absolute atomic E-state index is 12.6. The molecule has 0 unspecified atom stereocenters.